The Hall–Kier alpha value is -2.43. The van der Waals surface area contributed by atoms with Crippen LogP contribution in [0, 0.1) is 5.92 Å². The van der Waals surface area contributed by atoms with E-state index in [0.717, 1.165) is 5.56 Å². The van der Waals surface area contributed by atoms with E-state index in [2.05, 4.69) is 9.72 Å². The zero-order valence-corrected chi connectivity index (χ0v) is 11.4. The first-order valence-corrected chi connectivity index (χ1v) is 6.28. The molecule has 0 saturated heterocycles. The molecule has 20 heavy (non-hydrogen) atoms. The molecule has 0 spiro atoms. The van der Waals surface area contributed by atoms with Crippen LogP contribution in [-0.2, 0) is 16.1 Å². The summed E-state index contributed by atoms with van der Waals surface area (Å²) in [7, 11) is 1.28. The van der Waals surface area contributed by atoms with Crippen molar-refractivity contribution >= 4 is 11.8 Å². The fourth-order valence-electron chi connectivity index (χ4n) is 1.90. The van der Waals surface area contributed by atoms with Gasteiger partial charge < -0.3 is 9.30 Å². The number of nitrogens with zero attached hydrogens (tertiary/aromatic N) is 2. The summed E-state index contributed by atoms with van der Waals surface area (Å²) >= 11 is 0. The van der Waals surface area contributed by atoms with Crippen molar-refractivity contribution in [2.75, 3.05) is 7.11 Å². The molecule has 0 aliphatic heterocycles. The van der Waals surface area contributed by atoms with Crippen molar-refractivity contribution < 1.29 is 14.3 Å². The zero-order chi connectivity index (χ0) is 14.5. The summed E-state index contributed by atoms with van der Waals surface area (Å²) in [4.78, 5) is 27.4. The topological polar surface area (TPSA) is 61.2 Å². The molecular formula is C15H16N2O3. The first kappa shape index (κ1) is 14.0. The largest absolute Gasteiger partial charge is 0.468 e. The van der Waals surface area contributed by atoms with Crippen molar-refractivity contribution in [2.45, 2.75) is 13.5 Å². The van der Waals surface area contributed by atoms with Crippen molar-refractivity contribution in [1.82, 2.24) is 9.55 Å². The maximum atomic E-state index is 12.1. The Balaban J connectivity index is 2.08. The Kier molecular flexibility index (Phi) is 4.30. The second-order valence-electron chi connectivity index (χ2n) is 4.54. The highest BCUT2D eigenvalue weighted by Gasteiger charge is 2.23. The van der Waals surface area contributed by atoms with E-state index < -0.39 is 11.9 Å². The third-order valence-electron chi connectivity index (χ3n) is 3.11. The monoisotopic (exact) mass is 272 g/mol. The molecule has 0 bridgehead atoms. The van der Waals surface area contributed by atoms with Crippen molar-refractivity contribution in [3.05, 3.63) is 54.1 Å². The second kappa shape index (κ2) is 6.14. The van der Waals surface area contributed by atoms with Crippen molar-refractivity contribution in [1.29, 1.82) is 0 Å². The predicted molar refractivity (Wildman–Crippen MR) is 73.3 cm³/mol. The fraction of sp³-hybridized carbons (Fsp3) is 0.267. The number of methoxy groups -OCH3 is 1. The number of rotatable bonds is 5. The highest BCUT2D eigenvalue weighted by molar-refractivity contribution is 6.08. The van der Waals surface area contributed by atoms with Gasteiger partial charge in [0, 0.05) is 24.5 Å². The number of carbonyl (C=O) groups is 2. The van der Waals surface area contributed by atoms with Gasteiger partial charge in [0.2, 0.25) is 0 Å². The van der Waals surface area contributed by atoms with Crippen LogP contribution in [0.3, 0.4) is 0 Å². The Morgan fingerprint density at radius 3 is 2.55 bits per heavy atom. The lowest BCUT2D eigenvalue weighted by atomic mass is 9.98. The van der Waals surface area contributed by atoms with Crippen LogP contribution in [0.1, 0.15) is 22.8 Å². The Morgan fingerprint density at radius 2 is 2.00 bits per heavy atom. The molecular weight excluding hydrogens is 256 g/mol. The molecule has 5 heteroatoms. The Labute approximate surface area is 117 Å². The van der Waals surface area contributed by atoms with Crippen molar-refractivity contribution in [3.8, 4) is 0 Å². The van der Waals surface area contributed by atoms with Crippen molar-refractivity contribution in [3.63, 3.8) is 0 Å². The Bertz CT molecular complexity index is 588. The van der Waals surface area contributed by atoms with E-state index >= 15 is 0 Å². The molecule has 104 valence electrons. The minimum atomic E-state index is -0.778. The van der Waals surface area contributed by atoms with E-state index in [-0.39, 0.29) is 5.78 Å². The highest BCUT2D eigenvalue weighted by Crippen LogP contribution is 2.12. The third-order valence-corrected chi connectivity index (χ3v) is 3.11. The van der Waals surface area contributed by atoms with Gasteiger partial charge in [-0.1, -0.05) is 24.3 Å². The first-order valence-electron chi connectivity index (χ1n) is 6.28. The number of ketones is 1. The lowest BCUT2D eigenvalue weighted by molar-refractivity contribution is -0.143. The van der Waals surface area contributed by atoms with Crippen LogP contribution in [0.2, 0.25) is 0 Å². The van der Waals surface area contributed by atoms with Gasteiger partial charge in [0.05, 0.1) is 13.4 Å². The molecule has 1 atom stereocenters. The maximum Gasteiger partial charge on any atom is 0.316 e. The summed E-state index contributed by atoms with van der Waals surface area (Å²) in [6, 6.07) is 7.20. The minimum Gasteiger partial charge on any atom is -0.468 e. The summed E-state index contributed by atoms with van der Waals surface area (Å²) in [6.07, 6.45) is 5.33. The molecule has 5 nitrogen and oxygen atoms in total. The summed E-state index contributed by atoms with van der Waals surface area (Å²) in [5, 5.41) is 0. The standard InChI is InChI=1S/C15H16N2O3/c1-11(15(19)20-2)14(18)13-5-3-12(4-6-13)9-17-8-7-16-10-17/h3-8,10-11H,9H2,1-2H3. The van der Waals surface area contributed by atoms with Gasteiger partial charge in [-0.25, -0.2) is 4.98 Å². The number of hydrogen-bond donors (Lipinski definition) is 0. The summed E-state index contributed by atoms with van der Waals surface area (Å²) in [5.74, 6) is -1.52. The van der Waals surface area contributed by atoms with E-state index in [0.29, 0.717) is 12.1 Å². The predicted octanol–water partition coefficient (Wildman–Crippen LogP) is 1.92. The number of imidazole rings is 1. The molecule has 0 radical (unpaired) electrons. The molecule has 0 saturated carbocycles. The number of hydrogen-bond acceptors (Lipinski definition) is 4. The van der Waals surface area contributed by atoms with Crippen molar-refractivity contribution in [2.24, 2.45) is 5.92 Å². The van der Waals surface area contributed by atoms with Gasteiger partial charge >= 0.3 is 5.97 Å². The minimum absolute atomic E-state index is 0.231. The quantitative estimate of drug-likeness (QED) is 0.474. The van der Waals surface area contributed by atoms with Gasteiger partial charge in [0.1, 0.15) is 5.92 Å². The number of Topliss-reactive ketones (excluding diaryl/α,β-unsaturated/α-hetero) is 1. The van der Waals surface area contributed by atoms with E-state index in [1.54, 1.807) is 31.6 Å². The van der Waals surface area contributed by atoms with Gasteiger partial charge in [0.25, 0.3) is 0 Å². The average Bonchev–Trinajstić information content (AvgIpc) is 2.98. The van der Waals surface area contributed by atoms with Gasteiger partial charge in [-0.05, 0) is 12.5 Å². The second-order valence-corrected chi connectivity index (χ2v) is 4.54. The van der Waals surface area contributed by atoms with Crippen LogP contribution in [-0.4, -0.2) is 28.4 Å². The zero-order valence-electron chi connectivity index (χ0n) is 11.4. The summed E-state index contributed by atoms with van der Waals surface area (Å²) in [6.45, 7) is 2.24. The molecule has 2 aromatic rings. The molecule has 0 aliphatic rings. The molecule has 1 aromatic carbocycles. The van der Waals surface area contributed by atoms with Gasteiger partial charge in [0.15, 0.2) is 5.78 Å². The van der Waals surface area contributed by atoms with Crippen LogP contribution in [0.4, 0.5) is 0 Å². The number of esters is 1. The molecule has 1 unspecified atom stereocenters. The first-order chi connectivity index (χ1) is 9.61. The number of ether oxygens (including phenoxy) is 1. The fourth-order valence-corrected chi connectivity index (χ4v) is 1.90. The van der Waals surface area contributed by atoms with Crippen LogP contribution < -0.4 is 0 Å². The summed E-state index contributed by atoms with van der Waals surface area (Å²) < 4.78 is 6.52. The molecule has 1 aromatic heterocycles. The van der Waals surface area contributed by atoms with Gasteiger partial charge in [-0.3, -0.25) is 9.59 Å². The van der Waals surface area contributed by atoms with Crippen LogP contribution >= 0.6 is 0 Å². The van der Waals surface area contributed by atoms with Gasteiger partial charge in [-0.2, -0.15) is 0 Å². The summed E-state index contributed by atoms with van der Waals surface area (Å²) in [5.41, 5.74) is 1.57. The third kappa shape index (κ3) is 3.12. The highest BCUT2D eigenvalue weighted by atomic mass is 16.5. The van der Waals surface area contributed by atoms with E-state index in [1.165, 1.54) is 7.11 Å². The Morgan fingerprint density at radius 1 is 1.30 bits per heavy atom. The molecule has 0 aliphatic carbocycles. The number of carbonyl (C=O) groups excluding carboxylic acids is 2. The lowest BCUT2D eigenvalue weighted by Crippen LogP contribution is -2.22. The SMILES string of the molecule is COC(=O)C(C)C(=O)c1ccc(Cn2ccnc2)cc1. The van der Waals surface area contributed by atoms with E-state index in [9.17, 15) is 9.59 Å². The van der Waals surface area contributed by atoms with Crippen LogP contribution in [0.25, 0.3) is 0 Å². The molecule has 2 rings (SSSR count). The smallest absolute Gasteiger partial charge is 0.316 e. The normalized spacial score (nSPS) is 11.9. The number of benzene rings is 1. The molecule has 1 heterocycles. The van der Waals surface area contributed by atoms with Crippen LogP contribution in [0.5, 0.6) is 0 Å². The lowest BCUT2D eigenvalue weighted by Gasteiger charge is -2.09. The van der Waals surface area contributed by atoms with Gasteiger partial charge in [-0.15, -0.1) is 0 Å². The molecule has 0 fully saturated rings. The van der Waals surface area contributed by atoms with E-state index in [1.807, 2.05) is 22.9 Å². The maximum absolute atomic E-state index is 12.1. The van der Waals surface area contributed by atoms with Crippen LogP contribution in [0.15, 0.2) is 43.0 Å². The number of aromatic nitrogens is 2. The average molecular weight is 272 g/mol. The molecule has 0 N–H and O–H groups in total. The molecule has 0 amide bonds. The van der Waals surface area contributed by atoms with E-state index in [4.69, 9.17) is 0 Å².